The van der Waals surface area contributed by atoms with E-state index in [1.165, 1.54) is 30.5 Å². The molecule has 4 aromatic rings. The summed E-state index contributed by atoms with van der Waals surface area (Å²) in [5, 5.41) is 43.4. The Morgan fingerprint density at radius 3 is 2.60 bits per heavy atom. The fourth-order valence-corrected chi connectivity index (χ4v) is 5.70. The van der Waals surface area contributed by atoms with Gasteiger partial charge in [0.25, 0.3) is 5.91 Å². The van der Waals surface area contributed by atoms with Crippen LogP contribution in [0.25, 0.3) is 22.2 Å². The van der Waals surface area contributed by atoms with Gasteiger partial charge in [0.05, 0.1) is 36.5 Å². The van der Waals surface area contributed by atoms with Crippen LogP contribution in [0, 0.1) is 30.2 Å². The second-order valence-corrected chi connectivity index (χ2v) is 10.5. The Hall–Kier alpha value is -4.02. The van der Waals surface area contributed by atoms with Gasteiger partial charge in [-0.15, -0.1) is 5.10 Å². The molecule has 226 valence electrons. The van der Waals surface area contributed by atoms with Gasteiger partial charge in [0.2, 0.25) is 5.79 Å². The second-order valence-electron chi connectivity index (χ2n) is 10.5. The number of amides is 1. The van der Waals surface area contributed by atoms with Crippen molar-refractivity contribution in [2.45, 2.75) is 49.5 Å². The number of rotatable bonds is 5. The molecule has 0 unspecified atom stereocenters. The van der Waals surface area contributed by atoms with Crippen molar-refractivity contribution < 1.29 is 47.1 Å². The number of ether oxygens (including phenoxy) is 2. The number of carbonyl (C=O) groups excluding carboxylic acids is 1. The van der Waals surface area contributed by atoms with Crippen LogP contribution in [0.1, 0.15) is 28.5 Å². The van der Waals surface area contributed by atoms with Crippen molar-refractivity contribution >= 4 is 16.8 Å². The summed E-state index contributed by atoms with van der Waals surface area (Å²) in [5.41, 5.74) is 0.740. The van der Waals surface area contributed by atoms with E-state index < -0.39 is 72.0 Å². The Bertz CT molecular complexity index is 1700. The van der Waals surface area contributed by atoms with Crippen LogP contribution in [-0.2, 0) is 9.47 Å². The Kier molecular flexibility index (Phi) is 7.38. The summed E-state index contributed by atoms with van der Waals surface area (Å²) in [6.45, 7) is 0.955. The van der Waals surface area contributed by atoms with Crippen LogP contribution < -0.4 is 5.32 Å². The summed E-state index contributed by atoms with van der Waals surface area (Å²) in [6.07, 6.45) is -3.34. The molecule has 4 heterocycles. The molecule has 6 atom stereocenters. The fourth-order valence-electron chi connectivity index (χ4n) is 5.70. The lowest BCUT2D eigenvalue weighted by atomic mass is 9.86. The number of carbonyl (C=O) groups is 1. The first-order valence-corrected chi connectivity index (χ1v) is 13.3. The zero-order valence-electron chi connectivity index (χ0n) is 22.4. The molecule has 4 N–H and O–H groups in total. The molecule has 1 amide bonds. The molecule has 2 aromatic heterocycles. The van der Waals surface area contributed by atoms with Gasteiger partial charge in [-0.1, -0.05) is 5.21 Å². The largest absolute Gasteiger partial charge is 0.394 e. The SMILES string of the molecule is Cc1cc(C(=O)N[C@@H]2CCO[C@]23O[C@H](CO)[C@H](O)[C@H](n2cc(-c4cc(F)c(F)c(F)c4)nn2)[C@H]3O)c2cc(F)ccc2n1. The topological polar surface area (TPSA) is 152 Å². The van der Waals surface area contributed by atoms with Gasteiger partial charge in [-0.05, 0) is 49.7 Å². The van der Waals surface area contributed by atoms with Crippen molar-refractivity contribution in [1.82, 2.24) is 25.3 Å². The number of hydrogen-bond acceptors (Lipinski definition) is 9. The van der Waals surface area contributed by atoms with Crippen molar-refractivity contribution in [3.63, 3.8) is 0 Å². The highest BCUT2D eigenvalue weighted by Crippen LogP contribution is 2.43. The third-order valence-electron chi connectivity index (χ3n) is 7.75. The highest BCUT2D eigenvalue weighted by molar-refractivity contribution is 6.06. The monoisotopic (exact) mass is 603 g/mol. The van der Waals surface area contributed by atoms with E-state index in [-0.39, 0.29) is 35.2 Å². The van der Waals surface area contributed by atoms with Gasteiger partial charge >= 0.3 is 0 Å². The number of aliphatic hydroxyl groups is 3. The molecule has 2 aromatic carbocycles. The van der Waals surface area contributed by atoms with Crippen molar-refractivity contribution in [3.05, 3.63) is 77.1 Å². The Morgan fingerprint density at radius 2 is 1.88 bits per heavy atom. The molecular weight excluding hydrogens is 578 g/mol. The van der Waals surface area contributed by atoms with Crippen LogP contribution >= 0.6 is 0 Å². The fraction of sp³-hybridized carbons (Fsp3) is 0.357. The highest BCUT2D eigenvalue weighted by atomic mass is 19.2. The van der Waals surface area contributed by atoms with Gasteiger partial charge in [0.15, 0.2) is 17.5 Å². The number of pyridine rings is 1. The van der Waals surface area contributed by atoms with Gasteiger partial charge in [0, 0.05) is 16.6 Å². The average molecular weight is 604 g/mol. The minimum atomic E-state index is -1.99. The molecule has 6 rings (SSSR count). The number of nitrogens with zero attached hydrogens (tertiary/aromatic N) is 4. The molecule has 11 nitrogen and oxygen atoms in total. The van der Waals surface area contributed by atoms with Crippen LogP contribution in [0.5, 0.6) is 0 Å². The van der Waals surface area contributed by atoms with Gasteiger partial charge in [0.1, 0.15) is 35.9 Å². The van der Waals surface area contributed by atoms with Crippen LogP contribution in [0.4, 0.5) is 17.6 Å². The molecule has 2 fully saturated rings. The van der Waals surface area contributed by atoms with E-state index in [0.29, 0.717) is 23.3 Å². The predicted molar refractivity (Wildman–Crippen MR) is 139 cm³/mol. The molecule has 0 bridgehead atoms. The van der Waals surface area contributed by atoms with Crippen molar-refractivity contribution in [3.8, 4) is 11.3 Å². The lowest BCUT2D eigenvalue weighted by Crippen LogP contribution is -2.69. The molecule has 0 radical (unpaired) electrons. The lowest BCUT2D eigenvalue weighted by molar-refractivity contribution is -0.344. The lowest BCUT2D eigenvalue weighted by Gasteiger charge is -2.49. The van der Waals surface area contributed by atoms with Crippen molar-refractivity contribution in [2.75, 3.05) is 13.2 Å². The first-order valence-electron chi connectivity index (χ1n) is 13.3. The number of nitrogens with one attached hydrogen (secondary N) is 1. The number of aliphatic hydroxyl groups excluding tert-OH is 3. The average Bonchev–Trinajstić information content (AvgIpc) is 3.61. The van der Waals surface area contributed by atoms with Crippen LogP contribution in [0.15, 0.2) is 42.6 Å². The minimum Gasteiger partial charge on any atom is -0.394 e. The quantitative estimate of drug-likeness (QED) is 0.198. The molecule has 2 saturated heterocycles. The van der Waals surface area contributed by atoms with Gasteiger partial charge < -0.3 is 30.1 Å². The molecule has 0 saturated carbocycles. The van der Waals surface area contributed by atoms with E-state index in [2.05, 4.69) is 20.6 Å². The number of halogens is 4. The maximum atomic E-state index is 14.1. The molecule has 43 heavy (non-hydrogen) atoms. The Balaban J connectivity index is 1.34. The highest BCUT2D eigenvalue weighted by Gasteiger charge is 2.62. The summed E-state index contributed by atoms with van der Waals surface area (Å²) < 4.78 is 68.0. The summed E-state index contributed by atoms with van der Waals surface area (Å²) in [7, 11) is 0. The van der Waals surface area contributed by atoms with E-state index in [1.807, 2.05) is 0 Å². The smallest absolute Gasteiger partial charge is 0.252 e. The molecular formula is C28H25F4N5O6. The predicted octanol–water partition coefficient (Wildman–Crippen LogP) is 1.93. The summed E-state index contributed by atoms with van der Waals surface area (Å²) >= 11 is 0. The minimum absolute atomic E-state index is 0.00442. The van der Waals surface area contributed by atoms with E-state index in [4.69, 9.17) is 9.47 Å². The number of hydrogen-bond donors (Lipinski definition) is 4. The first-order chi connectivity index (χ1) is 20.5. The molecule has 1 spiro atoms. The van der Waals surface area contributed by atoms with E-state index in [0.717, 1.165) is 4.68 Å². The second kappa shape index (κ2) is 10.9. The van der Waals surface area contributed by atoms with E-state index in [9.17, 15) is 37.7 Å². The molecule has 2 aliphatic heterocycles. The maximum absolute atomic E-state index is 14.1. The third-order valence-corrected chi connectivity index (χ3v) is 7.75. The van der Waals surface area contributed by atoms with Crippen LogP contribution in [-0.4, -0.2) is 84.6 Å². The van der Waals surface area contributed by atoms with E-state index in [1.54, 1.807) is 6.92 Å². The third kappa shape index (κ3) is 4.92. The maximum Gasteiger partial charge on any atom is 0.252 e. The Morgan fingerprint density at radius 1 is 1.14 bits per heavy atom. The number of benzene rings is 2. The standard InChI is InChI=1S/C28H25F4N5O6/c1-12-6-16(15-9-14(29)2-3-19(15)33-12)27(41)34-22-4-5-42-28(22)26(40)24(25(39)21(11-38)43-28)37-10-20(35-36-37)13-7-17(30)23(32)18(31)8-13/h2-3,6-10,21-22,24-26,38-40H,4-5,11H2,1H3,(H,34,41)/t21-,22-,24+,25+,26-,28+/m1/s1. The zero-order valence-corrected chi connectivity index (χ0v) is 22.4. The molecule has 0 aliphatic carbocycles. The molecule has 2 aliphatic rings. The van der Waals surface area contributed by atoms with Gasteiger partial charge in [-0.3, -0.25) is 9.78 Å². The van der Waals surface area contributed by atoms with Crippen LogP contribution in [0.3, 0.4) is 0 Å². The van der Waals surface area contributed by atoms with Gasteiger partial charge in [-0.2, -0.15) is 0 Å². The number of fused-ring (bicyclic) bond motifs is 1. The zero-order chi connectivity index (χ0) is 30.6. The number of aromatic nitrogens is 4. The summed E-state index contributed by atoms with van der Waals surface area (Å²) in [5.74, 6) is -7.76. The van der Waals surface area contributed by atoms with E-state index >= 15 is 0 Å². The Labute approximate surface area is 240 Å². The van der Waals surface area contributed by atoms with Crippen molar-refractivity contribution in [2.24, 2.45) is 0 Å². The van der Waals surface area contributed by atoms with Crippen molar-refractivity contribution in [1.29, 1.82) is 0 Å². The van der Waals surface area contributed by atoms with Gasteiger partial charge in [-0.25, -0.2) is 22.2 Å². The van der Waals surface area contributed by atoms with Crippen LogP contribution in [0.2, 0.25) is 0 Å². The molecule has 15 heteroatoms. The normalized spacial score (nSPS) is 27.2. The summed E-state index contributed by atoms with van der Waals surface area (Å²) in [4.78, 5) is 17.9. The first kappa shape index (κ1) is 29.1. The summed E-state index contributed by atoms with van der Waals surface area (Å²) in [6, 6.07) is 4.34. The number of aryl methyl sites for hydroxylation is 1.